The zero-order chi connectivity index (χ0) is 10.3. The Bertz CT molecular complexity index is 473. The van der Waals surface area contributed by atoms with Crippen molar-refractivity contribution >= 4 is 11.3 Å². The summed E-state index contributed by atoms with van der Waals surface area (Å²) in [6.07, 6.45) is -2.43. The van der Waals surface area contributed by atoms with Crippen LogP contribution < -0.4 is 5.73 Å². The van der Waals surface area contributed by atoms with Gasteiger partial charge in [0.25, 0.3) is 0 Å². The number of anilines is 1. The molecule has 2 aromatic rings. The fourth-order valence-corrected chi connectivity index (χ4v) is 1.11. The lowest BCUT2D eigenvalue weighted by molar-refractivity contribution is -0.137. The molecule has 0 aliphatic heterocycles. The van der Waals surface area contributed by atoms with E-state index >= 15 is 0 Å². The van der Waals surface area contributed by atoms with Crippen LogP contribution >= 0.6 is 0 Å². The zero-order valence-corrected chi connectivity index (χ0v) is 6.78. The molecule has 0 aromatic carbocycles. The lowest BCUT2D eigenvalue weighted by atomic mass is 10.2. The number of alkyl halides is 3. The minimum absolute atomic E-state index is 0.0441. The van der Waals surface area contributed by atoms with Gasteiger partial charge in [-0.3, -0.25) is 0 Å². The fourth-order valence-electron chi connectivity index (χ4n) is 1.11. The van der Waals surface area contributed by atoms with Gasteiger partial charge in [0.1, 0.15) is 6.33 Å². The zero-order valence-electron chi connectivity index (χ0n) is 6.78. The van der Waals surface area contributed by atoms with E-state index in [9.17, 15) is 13.2 Å². The Morgan fingerprint density at radius 2 is 2.07 bits per heavy atom. The van der Waals surface area contributed by atoms with Crippen LogP contribution in [-0.2, 0) is 6.18 Å². The first kappa shape index (κ1) is 8.79. The third kappa shape index (κ3) is 1.26. The summed E-state index contributed by atoms with van der Waals surface area (Å²) in [7, 11) is 0. The van der Waals surface area contributed by atoms with Gasteiger partial charge in [-0.25, -0.2) is 9.50 Å². The Morgan fingerprint density at radius 3 is 2.71 bits per heavy atom. The first-order valence-electron chi connectivity index (χ1n) is 3.64. The summed E-state index contributed by atoms with van der Waals surface area (Å²) in [5, 5.41) is 3.58. The summed E-state index contributed by atoms with van der Waals surface area (Å²) in [5.74, 6) is 0. The van der Waals surface area contributed by atoms with E-state index in [1.165, 1.54) is 0 Å². The van der Waals surface area contributed by atoms with Gasteiger partial charge in [-0.1, -0.05) is 0 Å². The van der Waals surface area contributed by atoms with Crippen molar-refractivity contribution in [2.24, 2.45) is 0 Å². The van der Waals surface area contributed by atoms with Crippen LogP contribution in [0.4, 0.5) is 18.9 Å². The second kappa shape index (κ2) is 2.60. The molecule has 0 spiro atoms. The van der Waals surface area contributed by atoms with E-state index in [0.717, 1.165) is 23.1 Å². The molecule has 0 radical (unpaired) electrons. The van der Waals surface area contributed by atoms with Crippen molar-refractivity contribution in [2.45, 2.75) is 6.18 Å². The second-order valence-electron chi connectivity index (χ2n) is 2.71. The molecule has 4 nitrogen and oxygen atoms in total. The van der Waals surface area contributed by atoms with Crippen LogP contribution in [0.15, 0.2) is 18.6 Å². The highest BCUT2D eigenvalue weighted by molar-refractivity contribution is 5.64. The van der Waals surface area contributed by atoms with Crippen LogP contribution in [-0.4, -0.2) is 14.6 Å². The number of nitrogen functional groups attached to an aromatic ring is 1. The second-order valence-corrected chi connectivity index (χ2v) is 2.71. The molecular weight excluding hydrogens is 197 g/mol. The van der Waals surface area contributed by atoms with Gasteiger partial charge >= 0.3 is 6.18 Å². The van der Waals surface area contributed by atoms with Crippen molar-refractivity contribution in [3.63, 3.8) is 0 Å². The van der Waals surface area contributed by atoms with Crippen LogP contribution in [0.3, 0.4) is 0 Å². The molecule has 74 valence electrons. The Hall–Kier alpha value is -1.79. The van der Waals surface area contributed by atoms with Crippen molar-refractivity contribution < 1.29 is 13.2 Å². The number of rotatable bonds is 0. The van der Waals surface area contributed by atoms with Gasteiger partial charge in [-0.15, -0.1) is 0 Å². The molecule has 0 aliphatic carbocycles. The van der Waals surface area contributed by atoms with Crippen LogP contribution in [0.25, 0.3) is 5.65 Å². The van der Waals surface area contributed by atoms with Crippen molar-refractivity contribution in [3.05, 3.63) is 24.2 Å². The minimum Gasteiger partial charge on any atom is -0.396 e. The Morgan fingerprint density at radius 1 is 1.36 bits per heavy atom. The van der Waals surface area contributed by atoms with Gasteiger partial charge in [-0.2, -0.15) is 18.3 Å². The molecule has 0 saturated carbocycles. The number of aromatic nitrogens is 3. The quantitative estimate of drug-likeness (QED) is 0.701. The summed E-state index contributed by atoms with van der Waals surface area (Å²) >= 11 is 0. The predicted octanol–water partition coefficient (Wildman–Crippen LogP) is 1.33. The monoisotopic (exact) mass is 202 g/mol. The maximum Gasteiger partial charge on any atom is 0.417 e. The van der Waals surface area contributed by atoms with E-state index in [-0.39, 0.29) is 11.3 Å². The highest BCUT2D eigenvalue weighted by atomic mass is 19.4. The highest BCUT2D eigenvalue weighted by Gasteiger charge is 2.31. The van der Waals surface area contributed by atoms with E-state index in [1.807, 2.05) is 0 Å². The smallest absolute Gasteiger partial charge is 0.396 e. The van der Waals surface area contributed by atoms with Crippen molar-refractivity contribution in [1.29, 1.82) is 0 Å². The number of halogens is 3. The molecule has 0 atom stereocenters. The van der Waals surface area contributed by atoms with Gasteiger partial charge in [0.2, 0.25) is 0 Å². The summed E-state index contributed by atoms with van der Waals surface area (Å²) in [5.41, 5.74) is 4.71. The van der Waals surface area contributed by atoms with E-state index in [1.54, 1.807) is 0 Å². The number of hydrogen-bond acceptors (Lipinski definition) is 3. The van der Waals surface area contributed by atoms with Crippen molar-refractivity contribution in [2.75, 3.05) is 5.73 Å². The molecule has 2 N–H and O–H groups in total. The molecule has 0 unspecified atom stereocenters. The molecule has 0 amide bonds. The van der Waals surface area contributed by atoms with Gasteiger partial charge < -0.3 is 5.73 Å². The summed E-state index contributed by atoms with van der Waals surface area (Å²) in [6, 6.07) is 0.837. The van der Waals surface area contributed by atoms with Gasteiger partial charge in [0.05, 0.1) is 11.3 Å². The molecule has 0 fully saturated rings. The molecule has 2 aromatic heterocycles. The third-order valence-electron chi connectivity index (χ3n) is 1.73. The highest BCUT2D eigenvalue weighted by Crippen LogP contribution is 2.30. The first-order chi connectivity index (χ1) is 6.48. The number of pyridine rings is 1. The number of fused-ring (bicyclic) bond motifs is 1. The lowest BCUT2D eigenvalue weighted by Crippen LogP contribution is -2.08. The number of nitrogens with zero attached hydrogens (tertiary/aromatic N) is 3. The Balaban J connectivity index is 2.70. The van der Waals surface area contributed by atoms with Gasteiger partial charge in [-0.05, 0) is 6.07 Å². The van der Waals surface area contributed by atoms with Gasteiger partial charge in [0.15, 0.2) is 5.65 Å². The fraction of sp³-hybridized carbons (Fsp3) is 0.143. The van der Waals surface area contributed by atoms with E-state index in [4.69, 9.17) is 5.73 Å². The summed E-state index contributed by atoms with van der Waals surface area (Å²) in [6.45, 7) is 0. The molecule has 7 heteroatoms. The normalized spacial score (nSPS) is 12.2. The Kier molecular flexibility index (Phi) is 1.63. The van der Waals surface area contributed by atoms with Gasteiger partial charge in [0, 0.05) is 6.20 Å². The van der Waals surface area contributed by atoms with Crippen molar-refractivity contribution in [1.82, 2.24) is 14.6 Å². The average Bonchev–Trinajstić information content (AvgIpc) is 2.50. The topological polar surface area (TPSA) is 56.2 Å². The largest absolute Gasteiger partial charge is 0.417 e. The summed E-state index contributed by atoms with van der Waals surface area (Å²) < 4.78 is 37.9. The molecule has 0 bridgehead atoms. The predicted molar refractivity (Wildman–Crippen MR) is 42.4 cm³/mol. The third-order valence-corrected chi connectivity index (χ3v) is 1.73. The average molecular weight is 202 g/mol. The van der Waals surface area contributed by atoms with E-state index in [2.05, 4.69) is 10.1 Å². The summed E-state index contributed by atoms with van der Waals surface area (Å²) in [4.78, 5) is 3.70. The van der Waals surface area contributed by atoms with Crippen LogP contribution in [0.2, 0.25) is 0 Å². The molecule has 2 heterocycles. The lowest BCUT2D eigenvalue weighted by Gasteiger charge is -2.07. The SMILES string of the molecule is Nc1cc(C(F)(F)F)cn2ncnc12. The van der Waals surface area contributed by atoms with Crippen LogP contribution in [0.1, 0.15) is 5.56 Å². The number of nitrogens with two attached hydrogens (primary N) is 1. The molecule has 14 heavy (non-hydrogen) atoms. The minimum atomic E-state index is -4.42. The number of hydrogen-bond donors (Lipinski definition) is 1. The van der Waals surface area contributed by atoms with Crippen molar-refractivity contribution in [3.8, 4) is 0 Å². The first-order valence-corrected chi connectivity index (χ1v) is 3.64. The molecule has 0 saturated heterocycles. The van der Waals surface area contributed by atoms with Crippen LogP contribution in [0, 0.1) is 0 Å². The molecule has 2 rings (SSSR count). The standard InChI is InChI=1S/C7H5F3N4/c8-7(9,10)4-1-5(11)6-12-3-13-14(6)2-4/h1-3H,11H2. The maximum absolute atomic E-state index is 12.3. The Labute approximate surface area is 76.2 Å². The van der Waals surface area contributed by atoms with E-state index in [0.29, 0.717) is 0 Å². The van der Waals surface area contributed by atoms with Crippen LogP contribution in [0.5, 0.6) is 0 Å². The van der Waals surface area contributed by atoms with E-state index < -0.39 is 11.7 Å². The molecule has 0 aliphatic rings. The maximum atomic E-state index is 12.3. The molecular formula is C7H5F3N4.